The van der Waals surface area contributed by atoms with Gasteiger partial charge in [0.15, 0.2) is 6.29 Å². The van der Waals surface area contributed by atoms with Crippen molar-refractivity contribution in [2.45, 2.75) is 39.0 Å². The zero-order valence-corrected chi connectivity index (χ0v) is 11.0. The van der Waals surface area contributed by atoms with Crippen LogP contribution in [0.1, 0.15) is 49.4 Å². The summed E-state index contributed by atoms with van der Waals surface area (Å²) in [6.07, 6.45) is 6.83. The van der Waals surface area contributed by atoms with Crippen molar-refractivity contribution in [2.24, 2.45) is 0 Å². The fourth-order valence-electron chi connectivity index (χ4n) is 1.59. The molecule has 0 aliphatic rings. The molecule has 0 unspecified atom stereocenters. The number of ether oxygens (including phenoxy) is 1. The monoisotopic (exact) mass is 254 g/mol. The quantitative estimate of drug-likeness (QED) is 0.504. The Kier molecular flexibility index (Phi) is 6.71. The average molecular weight is 255 g/mol. The van der Waals surface area contributed by atoms with Crippen LogP contribution in [0.5, 0.6) is 5.75 Å². The second-order valence-electron chi connectivity index (χ2n) is 4.06. The van der Waals surface area contributed by atoms with E-state index < -0.39 is 0 Å². The summed E-state index contributed by atoms with van der Waals surface area (Å²) in [5.74, 6) is 0.732. The molecular weight excluding hydrogens is 236 g/mol. The minimum absolute atomic E-state index is 0.448. The molecule has 0 spiro atoms. The van der Waals surface area contributed by atoms with E-state index in [9.17, 15) is 4.79 Å². The van der Waals surface area contributed by atoms with E-state index in [0.29, 0.717) is 17.2 Å². The molecule has 0 bridgehead atoms. The first-order valence-corrected chi connectivity index (χ1v) is 6.53. The maximum absolute atomic E-state index is 10.6. The van der Waals surface area contributed by atoms with Gasteiger partial charge in [-0.15, -0.1) is 0 Å². The van der Waals surface area contributed by atoms with Crippen LogP contribution >= 0.6 is 11.6 Å². The third-order valence-electron chi connectivity index (χ3n) is 2.62. The lowest BCUT2D eigenvalue weighted by molar-refractivity contribution is 0.112. The predicted octanol–water partition coefficient (Wildman–Crippen LogP) is 4.50. The Morgan fingerprint density at radius 1 is 1.24 bits per heavy atom. The Labute approximate surface area is 108 Å². The van der Waals surface area contributed by atoms with E-state index >= 15 is 0 Å². The highest BCUT2D eigenvalue weighted by atomic mass is 35.5. The molecule has 94 valence electrons. The Bertz CT molecular complexity index is 350. The van der Waals surface area contributed by atoms with Crippen LogP contribution in [0.15, 0.2) is 18.2 Å². The van der Waals surface area contributed by atoms with Crippen molar-refractivity contribution in [1.29, 1.82) is 0 Å². The van der Waals surface area contributed by atoms with Crippen LogP contribution in [-0.2, 0) is 0 Å². The van der Waals surface area contributed by atoms with E-state index in [1.54, 1.807) is 18.2 Å². The van der Waals surface area contributed by atoms with Gasteiger partial charge in [0.05, 0.1) is 11.6 Å². The van der Waals surface area contributed by atoms with Crippen molar-refractivity contribution in [3.63, 3.8) is 0 Å². The standard InChI is InChI=1S/C14H19ClO2/c1-2-3-4-5-6-9-17-13-8-7-12(11-16)14(15)10-13/h7-8,10-11H,2-6,9H2,1H3. The molecule has 1 aromatic carbocycles. The zero-order valence-electron chi connectivity index (χ0n) is 10.2. The van der Waals surface area contributed by atoms with E-state index in [4.69, 9.17) is 16.3 Å². The Morgan fingerprint density at radius 3 is 2.65 bits per heavy atom. The SMILES string of the molecule is CCCCCCCOc1ccc(C=O)c(Cl)c1. The van der Waals surface area contributed by atoms with Crippen LogP contribution in [-0.4, -0.2) is 12.9 Å². The topological polar surface area (TPSA) is 26.3 Å². The summed E-state index contributed by atoms with van der Waals surface area (Å²) in [6.45, 7) is 2.91. The van der Waals surface area contributed by atoms with Crippen molar-refractivity contribution < 1.29 is 9.53 Å². The molecule has 0 aliphatic carbocycles. The second-order valence-corrected chi connectivity index (χ2v) is 4.47. The molecule has 0 saturated heterocycles. The molecule has 1 rings (SSSR count). The lowest BCUT2D eigenvalue weighted by Gasteiger charge is -2.07. The number of halogens is 1. The molecular formula is C14H19ClO2. The van der Waals surface area contributed by atoms with Gasteiger partial charge in [0.25, 0.3) is 0 Å². The van der Waals surface area contributed by atoms with Gasteiger partial charge in [0.2, 0.25) is 0 Å². The van der Waals surface area contributed by atoms with E-state index in [-0.39, 0.29) is 0 Å². The summed E-state index contributed by atoms with van der Waals surface area (Å²) < 4.78 is 5.57. The Balaban J connectivity index is 2.27. The number of unbranched alkanes of at least 4 members (excludes halogenated alkanes) is 4. The first-order chi connectivity index (χ1) is 8.27. The molecule has 0 atom stereocenters. The molecule has 17 heavy (non-hydrogen) atoms. The molecule has 0 heterocycles. The predicted molar refractivity (Wildman–Crippen MR) is 71.1 cm³/mol. The largest absolute Gasteiger partial charge is 0.494 e. The van der Waals surface area contributed by atoms with Gasteiger partial charge < -0.3 is 4.74 Å². The number of rotatable bonds is 8. The highest BCUT2D eigenvalue weighted by molar-refractivity contribution is 6.33. The third kappa shape index (κ3) is 5.22. The number of carbonyl (C=O) groups is 1. The molecule has 1 aromatic rings. The number of benzene rings is 1. The van der Waals surface area contributed by atoms with Gasteiger partial charge in [-0.25, -0.2) is 0 Å². The molecule has 2 nitrogen and oxygen atoms in total. The summed E-state index contributed by atoms with van der Waals surface area (Å²) in [4.78, 5) is 10.6. The van der Waals surface area contributed by atoms with Crippen LogP contribution in [0.4, 0.5) is 0 Å². The molecule has 0 amide bonds. The molecule has 0 fully saturated rings. The van der Waals surface area contributed by atoms with Crippen LogP contribution in [0, 0.1) is 0 Å². The molecule has 0 radical (unpaired) electrons. The smallest absolute Gasteiger partial charge is 0.151 e. The van der Waals surface area contributed by atoms with Crippen molar-refractivity contribution in [2.75, 3.05) is 6.61 Å². The van der Waals surface area contributed by atoms with E-state index in [1.807, 2.05) is 0 Å². The van der Waals surface area contributed by atoms with Crippen molar-refractivity contribution in [1.82, 2.24) is 0 Å². The van der Waals surface area contributed by atoms with Gasteiger partial charge >= 0.3 is 0 Å². The van der Waals surface area contributed by atoms with Gasteiger partial charge in [0, 0.05) is 5.56 Å². The summed E-state index contributed by atoms with van der Waals surface area (Å²) in [5.41, 5.74) is 0.502. The normalized spacial score (nSPS) is 10.2. The van der Waals surface area contributed by atoms with Crippen LogP contribution in [0.3, 0.4) is 0 Å². The lowest BCUT2D eigenvalue weighted by atomic mass is 10.2. The third-order valence-corrected chi connectivity index (χ3v) is 2.94. The summed E-state index contributed by atoms with van der Waals surface area (Å²) in [6, 6.07) is 5.15. The molecule has 3 heteroatoms. The fraction of sp³-hybridized carbons (Fsp3) is 0.500. The minimum atomic E-state index is 0.448. The van der Waals surface area contributed by atoms with Gasteiger partial charge in [-0.1, -0.05) is 44.2 Å². The van der Waals surface area contributed by atoms with Crippen molar-refractivity contribution in [3.8, 4) is 5.75 Å². The number of hydrogen-bond donors (Lipinski definition) is 0. The highest BCUT2D eigenvalue weighted by Gasteiger charge is 2.01. The minimum Gasteiger partial charge on any atom is -0.494 e. The molecule has 0 saturated carbocycles. The maximum atomic E-state index is 10.6. The summed E-state index contributed by atoms with van der Waals surface area (Å²) >= 11 is 5.90. The Hall–Kier alpha value is -1.02. The fourth-order valence-corrected chi connectivity index (χ4v) is 1.80. The van der Waals surface area contributed by atoms with Crippen LogP contribution < -0.4 is 4.74 Å². The number of aldehydes is 1. The van der Waals surface area contributed by atoms with Gasteiger partial charge in [-0.3, -0.25) is 4.79 Å². The second kappa shape index (κ2) is 8.13. The van der Waals surface area contributed by atoms with Crippen LogP contribution in [0.25, 0.3) is 0 Å². The molecule has 0 aromatic heterocycles. The average Bonchev–Trinajstić information content (AvgIpc) is 2.34. The van der Waals surface area contributed by atoms with Gasteiger partial charge in [0.1, 0.15) is 5.75 Å². The van der Waals surface area contributed by atoms with Crippen molar-refractivity contribution >= 4 is 17.9 Å². The number of hydrogen-bond acceptors (Lipinski definition) is 2. The maximum Gasteiger partial charge on any atom is 0.151 e. The van der Waals surface area contributed by atoms with Crippen molar-refractivity contribution in [3.05, 3.63) is 28.8 Å². The molecule has 0 N–H and O–H groups in total. The van der Waals surface area contributed by atoms with Gasteiger partial charge in [-0.05, 0) is 24.6 Å². The lowest BCUT2D eigenvalue weighted by Crippen LogP contribution is -1.97. The highest BCUT2D eigenvalue weighted by Crippen LogP contribution is 2.21. The Morgan fingerprint density at radius 2 is 2.00 bits per heavy atom. The van der Waals surface area contributed by atoms with E-state index in [0.717, 1.165) is 18.5 Å². The van der Waals surface area contributed by atoms with Crippen LogP contribution in [0.2, 0.25) is 5.02 Å². The number of carbonyl (C=O) groups excluding carboxylic acids is 1. The van der Waals surface area contributed by atoms with E-state index in [1.165, 1.54) is 25.7 Å². The molecule has 0 aliphatic heterocycles. The van der Waals surface area contributed by atoms with E-state index in [2.05, 4.69) is 6.92 Å². The first kappa shape index (κ1) is 14.0. The summed E-state index contributed by atoms with van der Waals surface area (Å²) in [7, 11) is 0. The first-order valence-electron chi connectivity index (χ1n) is 6.15. The zero-order chi connectivity index (χ0) is 12.5. The van der Waals surface area contributed by atoms with Gasteiger partial charge in [-0.2, -0.15) is 0 Å². The summed E-state index contributed by atoms with van der Waals surface area (Å²) in [5, 5.41) is 0.448.